The number of anilines is 1. The van der Waals surface area contributed by atoms with Gasteiger partial charge in [0.05, 0.1) is 12.8 Å². The Morgan fingerprint density at radius 1 is 1.17 bits per heavy atom. The van der Waals surface area contributed by atoms with Crippen LogP contribution < -0.4 is 10.6 Å². The Bertz CT molecular complexity index is 448. The van der Waals surface area contributed by atoms with Crippen molar-refractivity contribution in [3.8, 4) is 0 Å². The molecule has 1 aromatic carbocycles. The molecule has 0 bridgehead atoms. The molecule has 0 fully saturated rings. The first-order valence-corrected chi connectivity index (χ1v) is 6.40. The summed E-state index contributed by atoms with van der Waals surface area (Å²) in [7, 11) is 0. The SMILES string of the molecule is CCN(Cc1ccco1)c1ccc(CCN)cc1. The second-order valence-corrected chi connectivity index (χ2v) is 4.30. The fraction of sp³-hybridized carbons (Fsp3) is 0.333. The standard InChI is InChI=1S/C15H20N2O/c1-2-17(12-15-4-3-11-18-15)14-7-5-13(6-8-14)9-10-16/h3-8,11H,2,9-10,12,16H2,1H3. The predicted octanol–water partition coefficient (Wildman–Crippen LogP) is 2.81. The van der Waals surface area contributed by atoms with Crippen molar-refractivity contribution in [3.63, 3.8) is 0 Å². The van der Waals surface area contributed by atoms with Gasteiger partial charge in [-0.05, 0) is 49.7 Å². The molecule has 0 saturated carbocycles. The van der Waals surface area contributed by atoms with E-state index in [1.807, 2.05) is 12.1 Å². The Balaban J connectivity index is 2.07. The van der Waals surface area contributed by atoms with E-state index >= 15 is 0 Å². The molecule has 0 spiro atoms. The number of hydrogen-bond acceptors (Lipinski definition) is 3. The largest absolute Gasteiger partial charge is 0.467 e. The third kappa shape index (κ3) is 3.14. The van der Waals surface area contributed by atoms with Crippen molar-refractivity contribution in [2.24, 2.45) is 5.73 Å². The summed E-state index contributed by atoms with van der Waals surface area (Å²) < 4.78 is 5.39. The minimum Gasteiger partial charge on any atom is -0.467 e. The van der Waals surface area contributed by atoms with Gasteiger partial charge in [0.25, 0.3) is 0 Å². The molecule has 2 N–H and O–H groups in total. The van der Waals surface area contributed by atoms with Gasteiger partial charge < -0.3 is 15.1 Å². The van der Waals surface area contributed by atoms with E-state index in [0.717, 1.165) is 25.3 Å². The molecule has 3 nitrogen and oxygen atoms in total. The van der Waals surface area contributed by atoms with Crippen molar-refractivity contribution >= 4 is 5.69 Å². The number of nitrogens with zero attached hydrogens (tertiary/aromatic N) is 1. The summed E-state index contributed by atoms with van der Waals surface area (Å²) in [6.45, 7) is 4.61. The van der Waals surface area contributed by atoms with Gasteiger partial charge in [0.2, 0.25) is 0 Å². The highest BCUT2D eigenvalue weighted by Gasteiger charge is 2.06. The fourth-order valence-corrected chi connectivity index (χ4v) is 2.02. The molecule has 0 unspecified atom stereocenters. The Labute approximate surface area is 108 Å². The second kappa shape index (κ2) is 6.26. The van der Waals surface area contributed by atoms with Gasteiger partial charge in [-0.15, -0.1) is 0 Å². The predicted molar refractivity (Wildman–Crippen MR) is 74.6 cm³/mol. The van der Waals surface area contributed by atoms with Crippen LogP contribution >= 0.6 is 0 Å². The number of nitrogens with two attached hydrogens (primary N) is 1. The third-order valence-electron chi connectivity index (χ3n) is 3.04. The van der Waals surface area contributed by atoms with Crippen molar-refractivity contribution in [2.45, 2.75) is 19.9 Å². The van der Waals surface area contributed by atoms with E-state index < -0.39 is 0 Å². The maximum absolute atomic E-state index is 5.55. The topological polar surface area (TPSA) is 42.4 Å². The second-order valence-electron chi connectivity index (χ2n) is 4.30. The molecule has 96 valence electrons. The number of benzene rings is 1. The zero-order valence-electron chi connectivity index (χ0n) is 10.8. The van der Waals surface area contributed by atoms with E-state index in [9.17, 15) is 0 Å². The molecule has 0 saturated heterocycles. The summed E-state index contributed by atoms with van der Waals surface area (Å²) in [6.07, 6.45) is 2.65. The minimum atomic E-state index is 0.698. The molecular formula is C15H20N2O. The maximum Gasteiger partial charge on any atom is 0.123 e. The van der Waals surface area contributed by atoms with Crippen molar-refractivity contribution in [1.29, 1.82) is 0 Å². The first-order chi connectivity index (χ1) is 8.83. The fourth-order valence-electron chi connectivity index (χ4n) is 2.02. The van der Waals surface area contributed by atoms with Crippen LogP contribution in [-0.4, -0.2) is 13.1 Å². The summed E-state index contributed by atoms with van der Waals surface area (Å²) in [6, 6.07) is 12.5. The molecule has 0 radical (unpaired) electrons. The molecule has 2 rings (SSSR count). The van der Waals surface area contributed by atoms with Crippen LogP contribution in [0.1, 0.15) is 18.2 Å². The van der Waals surface area contributed by atoms with Crippen LogP contribution in [0, 0.1) is 0 Å². The number of rotatable bonds is 6. The van der Waals surface area contributed by atoms with Gasteiger partial charge in [-0.2, -0.15) is 0 Å². The number of furan rings is 1. The average Bonchev–Trinajstić information content (AvgIpc) is 2.90. The molecule has 0 aliphatic heterocycles. The van der Waals surface area contributed by atoms with Gasteiger partial charge >= 0.3 is 0 Å². The molecule has 0 atom stereocenters. The van der Waals surface area contributed by atoms with Gasteiger partial charge in [0, 0.05) is 12.2 Å². The van der Waals surface area contributed by atoms with Crippen LogP contribution in [0.25, 0.3) is 0 Å². The zero-order chi connectivity index (χ0) is 12.8. The normalized spacial score (nSPS) is 10.6. The molecule has 1 aromatic heterocycles. The Morgan fingerprint density at radius 3 is 2.50 bits per heavy atom. The van der Waals surface area contributed by atoms with Crippen LogP contribution in [0.5, 0.6) is 0 Å². The van der Waals surface area contributed by atoms with Gasteiger partial charge in [0.1, 0.15) is 5.76 Å². The van der Waals surface area contributed by atoms with E-state index in [-0.39, 0.29) is 0 Å². The molecule has 0 aliphatic carbocycles. The summed E-state index contributed by atoms with van der Waals surface area (Å²) in [4.78, 5) is 2.28. The van der Waals surface area contributed by atoms with E-state index in [4.69, 9.17) is 10.2 Å². The van der Waals surface area contributed by atoms with Crippen LogP contribution in [-0.2, 0) is 13.0 Å². The van der Waals surface area contributed by atoms with Crippen LogP contribution in [0.15, 0.2) is 47.1 Å². The first-order valence-electron chi connectivity index (χ1n) is 6.40. The van der Waals surface area contributed by atoms with Crippen molar-refractivity contribution in [2.75, 3.05) is 18.0 Å². The Morgan fingerprint density at radius 2 is 1.94 bits per heavy atom. The summed E-state index contributed by atoms with van der Waals surface area (Å²) in [5.74, 6) is 0.989. The summed E-state index contributed by atoms with van der Waals surface area (Å²) in [5.41, 5.74) is 8.06. The Kier molecular flexibility index (Phi) is 4.42. The lowest BCUT2D eigenvalue weighted by molar-refractivity contribution is 0.503. The van der Waals surface area contributed by atoms with Gasteiger partial charge in [-0.3, -0.25) is 0 Å². The quantitative estimate of drug-likeness (QED) is 0.849. The molecule has 2 aromatic rings. The third-order valence-corrected chi connectivity index (χ3v) is 3.04. The van der Waals surface area contributed by atoms with Crippen molar-refractivity contribution < 1.29 is 4.42 Å². The monoisotopic (exact) mass is 244 g/mol. The average molecular weight is 244 g/mol. The highest BCUT2D eigenvalue weighted by Crippen LogP contribution is 2.18. The summed E-state index contributed by atoms with van der Waals surface area (Å²) >= 11 is 0. The molecule has 3 heteroatoms. The maximum atomic E-state index is 5.55. The molecule has 18 heavy (non-hydrogen) atoms. The lowest BCUT2D eigenvalue weighted by Crippen LogP contribution is -2.21. The smallest absolute Gasteiger partial charge is 0.123 e. The Hall–Kier alpha value is -1.74. The number of hydrogen-bond donors (Lipinski definition) is 1. The zero-order valence-corrected chi connectivity index (χ0v) is 10.8. The van der Waals surface area contributed by atoms with Crippen molar-refractivity contribution in [3.05, 3.63) is 54.0 Å². The lowest BCUT2D eigenvalue weighted by Gasteiger charge is -2.22. The first kappa shape index (κ1) is 12.7. The highest BCUT2D eigenvalue weighted by molar-refractivity contribution is 5.47. The van der Waals surface area contributed by atoms with Crippen LogP contribution in [0.2, 0.25) is 0 Å². The highest BCUT2D eigenvalue weighted by atomic mass is 16.3. The van der Waals surface area contributed by atoms with Crippen molar-refractivity contribution in [1.82, 2.24) is 0 Å². The van der Waals surface area contributed by atoms with Gasteiger partial charge in [-0.1, -0.05) is 12.1 Å². The van der Waals surface area contributed by atoms with Crippen LogP contribution in [0.3, 0.4) is 0 Å². The molecular weight excluding hydrogens is 224 g/mol. The van der Waals surface area contributed by atoms with Crippen LogP contribution in [0.4, 0.5) is 5.69 Å². The van der Waals surface area contributed by atoms with E-state index in [1.54, 1.807) is 6.26 Å². The van der Waals surface area contributed by atoms with E-state index in [0.29, 0.717) is 6.54 Å². The summed E-state index contributed by atoms with van der Waals surface area (Å²) in [5, 5.41) is 0. The van der Waals surface area contributed by atoms with E-state index in [2.05, 4.69) is 36.1 Å². The lowest BCUT2D eigenvalue weighted by atomic mass is 10.1. The molecule has 0 amide bonds. The van der Waals surface area contributed by atoms with Gasteiger partial charge in [0.15, 0.2) is 0 Å². The van der Waals surface area contributed by atoms with E-state index in [1.165, 1.54) is 11.3 Å². The minimum absolute atomic E-state index is 0.698. The van der Waals surface area contributed by atoms with Gasteiger partial charge in [-0.25, -0.2) is 0 Å². The molecule has 0 aliphatic rings. The molecule has 1 heterocycles.